The molecule has 0 spiro atoms. The first-order valence-corrected chi connectivity index (χ1v) is 6.42. The van der Waals surface area contributed by atoms with Crippen molar-refractivity contribution in [3.05, 3.63) is 29.3 Å². The van der Waals surface area contributed by atoms with Gasteiger partial charge < -0.3 is 9.64 Å². The molecule has 0 N–H and O–H groups in total. The molecule has 0 saturated carbocycles. The topological polar surface area (TPSA) is 12.5 Å². The molecule has 2 rings (SSSR count). The number of rotatable bonds is 1. The maximum atomic E-state index is 5.44. The molecule has 1 fully saturated rings. The molecule has 1 aliphatic rings. The van der Waals surface area contributed by atoms with Crippen molar-refractivity contribution in [1.29, 1.82) is 0 Å². The Kier molecular flexibility index (Phi) is 3.43. The van der Waals surface area contributed by atoms with Crippen LogP contribution in [0.5, 0.6) is 0 Å². The monoisotopic (exact) mass is 233 g/mol. The molecule has 2 heteroatoms. The van der Waals surface area contributed by atoms with Gasteiger partial charge in [-0.25, -0.2) is 0 Å². The second-order valence-corrected chi connectivity index (χ2v) is 5.87. The van der Waals surface area contributed by atoms with Gasteiger partial charge in [0.25, 0.3) is 0 Å². The van der Waals surface area contributed by atoms with E-state index >= 15 is 0 Å². The molecule has 1 heterocycles. The zero-order valence-electron chi connectivity index (χ0n) is 11.4. The Bertz CT molecular complexity index is 386. The highest BCUT2D eigenvalue weighted by Gasteiger charge is 2.22. The van der Waals surface area contributed by atoms with Gasteiger partial charge in [0.1, 0.15) is 0 Å². The van der Waals surface area contributed by atoms with E-state index in [9.17, 15) is 0 Å². The van der Waals surface area contributed by atoms with Crippen LogP contribution >= 0.6 is 0 Å². The molecule has 0 unspecified atom stereocenters. The number of morpholine rings is 1. The summed E-state index contributed by atoms with van der Waals surface area (Å²) in [7, 11) is 0. The highest BCUT2D eigenvalue weighted by Crippen LogP contribution is 2.33. The third-order valence-electron chi connectivity index (χ3n) is 3.31. The van der Waals surface area contributed by atoms with E-state index < -0.39 is 0 Å². The highest BCUT2D eigenvalue weighted by molar-refractivity contribution is 5.58. The lowest BCUT2D eigenvalue weighted by atomic mass is 9.85. The van der Waals surface area contributed by atoms with Crippen LogP contribution in [0.25, 0.3) is 0 Å². The molecule has 0 aliphatic carbocycles. The second kappa shape index (κ2) is 4.69. The fourth-order valence-electron chi connectivity index (χ4n) is 2.34. The summed E-state index contributed by atoms with van der Waals surface area (Å²) in [5, 5.41) is 0. The predicted molar refractivity (Wildman–Crippen MR) is 72.9 cm³/mol. The zero-order valence-corrected chi connectivity index (χ0v) is 11.4. The Morgan fingerprint density at radius 1 is 1.12 bits per heavy atom. The van der Waals surface area contributed by atoms with E-state index in [1.165, 1.54) is 16.8 Å². The van der Waals surface area contributed by atoms with Crippen LogP contribution in [-0.4, -0.2) is 26.3 Å². The van der Waals surface area contributed by atoms with Crippen LogP contribution in [0.1, 0.15) is 31.9 Å². The van der Waals surface area contributed by atoms with Crippen LogP contribution in [0.3, 0.4) is 0 Å². The molecule has 0 bridgehead atoms. The predicted octanol–water partition coefficient (Wildman–Crippen LogP) is 3.13. The van der Waals surface area contributed by atoms with Crippen LogP contribution in [0.2, 0.25) is 0 Å². The fourth-order valence-corrected chi connectivity index (χ4v) is 2.34. The highest BCUT2D eigenvalue weighted by atomic mass is 16.5. The molecular formula is C15H23NO. The van der Waals surface area contributed by atoms with Gasteiger partial charge in [0.2, 0.25) is 0 Å². The Morgan fingerprint density at radius 2 is 1.76 bits per heavy atom. The molecule has 2 nitrogen and oxygen atoms in total. The normalized spacial score (nSPS) is 17.3. The first kappa shape index (κ1) is 12.4. The van der Waals surface area contributed by atoms with Crippen molar-refractivity contribution in [2.24, 2.45) is 0 Å². The van der Waals surface area contributed by atoms with Crippen molar-refractivity contribution < 1.29 is 4.74 Å². The Morgan fingerprint density at radius 3 is 2.35 bits per heavy atom. The van der Waals surface area contributed by atoms with Crippen molar-refractivity contribution in [2.75, 3.05) is 31.2 Å². The molecule has 0 amide bonds. The standard InChI is InChI=1S/C15H23NO/c1-12-5-6-13(15(2,3)4)14(11-12)16-7-9-17-10-8-16/h5-6,11H,7-10H2,1-4H3. The van der Waals surface area contributed by atoms with Gasteiger partial charge in [-0.2, -0.15) is 0 Å². The smallest absolute Gasteiger partial charge is 0.0642 e. The van der Waals surface area contributed by atoms with E-state index in [-0.39, 0.29) is 5.41 Å². The van der Waals surface area contributed by atoms with Gasteiger partial charge in [-0.15, -0.1) is 0 Å². The Labute approximate surface area is 105 Å². The quantitative estimate of drug-likeness (QED) is 0.739. The van der Waals surface area contributed by atoms with E-state index in [0.717, 1.165) is 26.3 Å². The third-order valence-corrected chi connectivity index (χ3v) is 3.31. The third kappa shape index (κ3) is 2.81. The molecule has 0 radical (unpaired) electrons. The maximum absolute atomic E-state index is 5.44. The van der Waals surface area contributed by atoms with Crippen LogP contribution < -0.4 is 4.90 Å². The number of hydrogen-bond acceptors (Lipinski definition) is 2. The summed E-state index contributed by atoms with van der Waals surface area (Å²) in [6.07, 6.45) is 0. The Hall–Kier alpha value is -1.02. The lowest BCUT2D eigenvalue weighted by Crippen LogP contribution is -2.37. The molecule has 1 aliphatic heterocycles. The first-order chi connectivity index (χ1) is 7.98. The van der Waals surface area contributed by atoms with E-state index in [4.69, 9.17) is 4.74 Å². The van der Waals surface area contributed by atoms with E-state index in [1.54, 1.807) is 0 Å². The maximum Gasteiger partial charge on any atom is 0.0642 e. The minimum Gasteiger partial charge on any atom is -0.378 e. The summed E-state index contributed by atoms with van der Waals surface area (Å²) in [5.41, 5.74) is 4.35. The molecular weight excluding hydrogens is 210 g/mol. The molecule has 0 aromatic heterocycles. The van der Waals surface area contributed by atoms with Gasteiger partial charge in [-0.05, 0) is 29.5 Å². The molecule has 1 saturated heterocycles. The lowest BCUT2D eigenvalue weighted by molar-refractivity contribution is 0.122. The number of aryl methyl sites for hydroxylation is 1. The van der Waals surface area contributed by atoms with Crippen LogP contribution in [-0.2, 0) is 10.2 Å². The average Bonchev–Trinajstić information content (AvgIpc) is 2.28. The van der Waals surface area contributed by atoms with Crippen LogP contribution in [0.15, 0.2) is 18.2 Å². The van der Waals surface area contributed by atoms with Gasteiger partial charge in [0.15, 0.2) is 0 Å². The zero-order chi connectivity index (χ0) is 12.5. The van der Waals surface area contributed by atoms with E-state index in [0.29, 0.717) is 0 Å². The summed E-state index contributed by atoms with van der Waals surface area (Å²) in [5.74, 6) is 0. The van der Waals surface area contributed by atoms with Crippen LogP contribution in [0.4, 0.5) is 5.69 Å². The van der Waals surface area contributed by atoms with Crippen molar-refractivity contribution in [3.8, 4) is 0 Å². The summed E-state index contributed by atoms with van der Waals surface area (Å²) < 4.78 is 5.44. The number of ether oxygens (including phenoxy) is 1. The summed E-state index contributed by atoms with van der Waals surface area (Å²) in [6, 6.07) is 6.80. The molecule has 1 aromatic rings. The Balaban J connectivity index is 2.39. The van der Waals surface area contributed by atoms with Gasteiger partial charge in [-0.3, -0.25) is 0 Å². The molecule has 1 aromatic carbocycles. The fraction of sp³-hybridized carbons (Fsp3) is 0.600. The second-order valence-electron chi connectivity index (χ2n) is 5.87. The van der Waals surface area contributed by atoms with Gasteiger partial charge in [0, 0.05) is 18.8 Å². The minimum atomic E-state index is 0.196. The van der Waals surface area contributed by atoms with Crippen molar-refractivity contribution in [2.45, 2.75) is 33.1 Å². The van der Waals surface area contributed by atoms with Crippen molar-refractivity contribution >= 4 is 5.69 Å². The van der Waals surface area contributed by atoms with Crippen molar-refractivity contribution in [3.63, 3.8) is 0 Å². The number of hydrogen-bond donors (Lipinski definition) is 0. The summed E-state index contributed by atoms with van der Waals surface area (Å²) >= 11 is 0. The first-order valence-electron chi connectivity index (χ1n) is 6.42. The number of anilines is 1. The van der Waals surface area contributed by atoms with E-state index in [2.05, 4.69) is 50.8 Å². The van der Waals surface area contributed by atoms with Gasteiger partial charge in [0.05, 0.1) is 13.2 Å². The minimum absolute atomic E-state index is 0.196. The molecule has 17 heavy (non-hydrogen) atoms. The van der Waals surface area contributed by atoms with Gasteiger partial charge in [-0.1, -0.05) is 32.9 Å². The van der Waals surface area contributed by atoms with Crippen LogP contribution in [0, 0.1) is 6.92 Å². The summed E-state index contributed by atoms with van der Waals surface area (Å²) in [4.78, 5) is 2.46. The van der Waals surface area contributed by atoms with Crippen molar-refractivity contribution in [1.82, 2.24) is 0 Å². The summed E-state index contributed by atoms with van der Waals surface area (Å²) in [6.45, 7) is 12.7. The lowest BCUT2D eigenvalue weighted by Gasteiger charge is -2.34. The van der Waals surface area contributed by atoms with E-state index in [1.807, 2.05) is 0 Å². The molecule has 0 atom stereocenters. The van der Waals surface area contributed by atoms with Gasteiger partial charge >= 0.3 is 0 Å². The number of benzene rings is 1. The largest absolute Gasteiger partial charge is 0.378 e. The number of nitrogens with zero attached hydrogens (tertiary/aromatic N) is 1. The molecule has 94 valence electrons. The average molecular weight is 233 g/mol. The SMILES string of the molecule is Cc1ccc(C(C)(C)C)c(N2CCOCC2)c1.